The minimum atomic E-state index is 0.247. The molecule has 13 heavy (non-hydrogen) atoms. The maximum atomic E-state index is 5.56. The summed E-state index contributed by atoms with van der Waals surface area (Å²) in [5.74, 6) is 0.497. The molecule has 6 nitrogen and oxygen atoms in total. The van der Waals surface area contributed by atoms with E-state index in [1.165, 1.54) is 0 Å². The van der Waals surface area contributed by atoms with Gasteiger partial charge in [-0.1, -0.05) is 0 Å². The molecule has 2 heterocycles. The normalized spacial score (nSPS) is 10.5. The third-order valence-corrected chi connectivity index (χ3v) is 1.64. The van der Waals surface area contributed by atoms with Gasteiger partial charge in [0.05, 0.1) is 5.69 Å². The Kier molecular flexibility index (Phi) is 1.48. The van der Waals surface area contributed by atoms with Crippen LogP contribution in [0, 0.1) is 6.92 Å². The third kappa shape index (κ3) is 1.12. The second-order valence-electron chi connectivity index (χ2n) is 2.68. The summed E-state index contributed by atoms with van der Waals surface area (Å²) < 4.78 is 0. The zero-order valence-corrected chi connectivity index (χ0v) is 7.02. The predicted molar refractivity (Wildman–Crippen MR) is 48.7 cm³/mol. The van der Waals surface area contributed by atoms with Crippen LogP contribution in [0.5, 0.6) is 0 Å². The van der Waals surface area contributed by atoms with Crippen molar-refractivity contribution in [2.24, 2.45) is 0 Å². The summed E-state index contributed by atoms with van der Waals surface area (Å²) in [5, 5.41) is 7.29. The standard InChI is InChI=1S/C7H8N6/c1-3-2-10-4-5(11-3)7(9)13-12-6(4)8/h2H,1H3,(H2,8,12)(H2,9,13). The van der Waals surface area contributed by atoms with Gasteiger partial charge in [0.25, 0.3) is 0 Å². The molecule has 0 radical (unpaired) electrons. The van der Waals surface area contributed by atoms with Crippen LogP contribution in [-0.2, 0) is 0 Å². The molecule has 2 aromatic heterocycles. The first-order valence-electron chi connectivity index (χ1n) is 3.69. The number of anilines is 2. The van der Waals surface area contributed by atoms with Crippen LogP contribution in [0.25, 0.3) is 11.0 Å². The van der Waals surface area contributed by atoms with Crippen LogP contribution >= 0.6 is 0 Å². The molecule has 0 saturated heterocycles. The van der Waals surface area contributed by atoms with Crippen molar-refractivity contribution in [2.75, 3.05) is 11.5 Å². The molecule has 0 saturated carbocycles. The molecule has 0 aromatic carbocycles. The van der Waals surface area contributed by atoms with Gasteiger partial charge in [0.15, 0.2) is 11.6 Å². The van der Waals surface area contributed by atoms with Gasteiger partial charge in [0, 0.05) is 6.20 Å². The van der Waals surface area contributed by atoms with Gasteiger partial charge >= 0.3 is 0 Å². The van der Waals surface area contributed by atoms with E-state index in [2.05, 4.69) is 20.2 Å². The molecule has 6 heteroatoms. The Morgan fingerprint density at radius 1 is 1.08 bits per heavy atom. The number of rotatable bonds is 0. The van der Waals surface area contributed by atoms with E-state index in [9.17, 15) is 0 Å². The first-order chi connectivity index (χ1) is 6.18. The maximum Gasteiger partial charge on any atom is 0.174 e. The Hall–Kier alpha value is -1.98. The van der Waals surface area contributed by atoms with E-state index in [4.69, 9.17) is 11.5 Å². The molecule has 0 fully saturated rings. The molecule has 2 rings (SSSR count). The number of aromatic nitrogens is 4. The first-order valence-corrected chi connectivity index (χ1v) is 3.69. The van der Waals surface area contributed by atoms with E-state index in [1.807, 2.05) is 6.92 Å². The molecule has 0 atom stereocenters. The average Bonchev–Trinajstić information content (AvgIpc) is 2.12. The van der Waals surface area contributed by atoms with Crippen molar-refractivity contribution in [1.29, 1.82) is 0 Å². The summed E-state index contributed by atoms with van der Waals surface area (Å²) in [6, 6.07) is 0. The van der Waals surface area contributed by atoms with Crippen LogP contribution in [0.15, 0.2) is 6.20 Å². The lowest BCUT2D eigenvalue weighted by atomic mass is 10.3. The molecule has 4 N–H and O–H groups in total. The molecule has 2 aromatic rings. The van der Waals surface area contributed by atoms with Crippen LogP contribution in [0.1, 0.15) is 5.69 Å². The number of nitrogen functional groups attached to an aromatic ring is 2. The summed E-state index contributed by atoms with van der Waals surface area (Å²) in [5.41, 5.74) is 12.9. The smallest absolute Gasteiger partial charge is 0.174 e. The first kappa shape index (κ1) is 7.66. The Morgan fingerprint density at radius 2 is 1.69 bits per heavy atom. The number of fused-ring (bicyclic) bond motifs is 1. The molecule has 66 valence electrons. The molecule has 0 aliphatic heterocycles. The Morgan fingerprint density at radius 3 is 2.38 bits per heavy atom. The number of aryl methyl sites for hydroxylation is 1. The lowest BCUT2D eigenvalue weighted by molar-refractivity contribution is 1.05. The lowest BCUT2D eigenvalue weighted by Gasteiger charge is -2.01. The summed E-state index contributed by atoms with van der Waals surface area (Å²) in [7, 11) is 0. The second-order valence-corrected chi connectivity index (χ2v) is 2.68. The highest BCUT2D eigenvalue weighted by Crippen LogP contribution is 2.17. The van der Waals surface area contributed by atoms with Crippen LogP contribution in [0.2, 0.25) is 0 Å². The lowest BCUT2D eigenvalue weighted by Crippen LogP contribution is -2.03. The predicted octanol–water partition coefficient (Wildman–Crippen LogP) is -0.107. The highest BCUT2D eigenvalue weighted by molar-refractivity contribution is 5.90. The molecule has 0 aliphatic carbocycles. The minimum absolute atomic E-state index is 0.247. The Bertz CT molecular complexity index is 466. The van der Waals surface area contributed by atoms with E-state index >= 15 is 0 Å². The molecular formula is C7H8N6. The van der Waals surface area contributed by atoms with E-state index in [0.717, 1.165) is 5.69 Å². The zero-order valence-electron chi connectivity index (χ0n) is 7.02. The second kappa shape index (κ2) is 2.51. The number of nitrogens with two attached hydrogens (primary N) is 2. The largest absolute Gasteiger partial charge is 0.380 e. The van der Waals surface area contributed by atoms with Crippen molar-refractivity contribution >= 4 is 22.7 Å². The van der Waals surface area contributed by atoms with Crippen molar-refractivity contribution in [3.8, 4) is 0 Å². The van der Waals surface area contributed by atoms with Gasteiger partial charge in [0.2, 0.25) is 0 Å². The molecule has 0 aliphatic rings. The highest BCUT2D eigenvalue weighted by Gasteiger charge is 2.06. The molecule has 0 spiro atoms. The van der Waals surface area contributed by atoms with Gasteiger partial charge in [0.1, 0.15) is 11.0 Å². The SMILES string of the molecule is Cc1cnc2c(N)nnc(N)c2n1. The Balaban J connectivity index is 2.92. The minimum Gasteiger partial charge on any atom is -0.380 e. The van der Waals surface area contributed by atoms with Crippen molar-refractivity contribution in [3.63, 3.8) is 0 Å². The van der Waals surface area contributed by atoms with Crippen LogP contribution in [0.4, 0.5) is 11.6 Å². The van der Waals surface area contributed by atoms with Gasteiger partial charge < -0.3 is 11.5 Å². The van der Waals surface area contributed by atoms with E-state index in [1.54, 1.807) is 6.20 Å². The molecule has 0 unspecified atom stereocenters. The van der Waals surface area contributed by atoms with Crippen LogP contribution < -0.4 is 11.5 Å². The zero-order chi connectivity index (χ0) is 9.42. The van der Waals surface area contributed by atoms with Crippen molar-refractivity contribution < 1.29 is 0 Å². The van der Waals surface area contributed by atoms with Gasteiger partial charge in [-0.15, -0.1) is 10.2 Å². The highest BCUT2D eigenvalue weighted by atomic mass is 15.2. The topological polar surface area (TPSA) is 104 Å². The van der Waals surface area contributed by atoms with Gasteiger partial charge in [-0.3, -0.25) is 0 Å². The van der Waals surface area contributed by atoms with Crippen LogP contribution in [0.3, 0.4) is 0 Å². The van der Waals surface area contributed by atoms with Crippen molar-refractivity contribution in [3.05, 3.63) is 11.9 Å². The third-order valence-electron chi connectivity index (χ3n) is 1.64. The van der Waals surface area contributed by atoms with Gasteiger partial charge in [-0.2, -0.15) is 0 Å². The molecule has 0 bridgehead atoms. The van der Waals surface area contributed by atoms with Gasteiger partial charge in [-0.25, -0.2) is 9.97 Å². The van der Waals surface area contributed by atoms with Gasteiger partial charge in [-0.05, 0) is 6.92 Å². The number of hydrogen-bond donors (Lipinski definition) is 2. The van der Waals surface area contributed by atoms with Crippen molar-refractivity contribution in [2.45, 2.75) is 6.92 Å². The fourth-order valence-electron chi connectivity index (χ4n) is 1.05. The number of hydrogen-bond acceptors (Lipinski definition) is 6. The summed E-state index contributed by atoms with van der Waals surface area (Å²) >= 11 is 0. The average molecular weight is 176 g/mol. The van der Waals surface area contributed by atoms with E-state index < -0.39 is 0 Å². The van der Waals surface area contributed by atoms with Crippen LogP contribution in [-0.4, -0.2) is 20.2 Å². The fourth-order valence-corrected chi connectivity index (χ4v) is 1.05. The summed E-state index contributed by atoms with van der Waals surface area (Å²) in [6.45, 7) is 1.82. The van der Waals surface area contributed by atoms with E-state index in [-0.39, 0.29) is 11.6 Å². The number of nitrogens with zero attached hydrogens (tertiary/aromatic N) is 4. The maximum absolute atomic E-state index is 5.56. The summed E-state index contributed by atoms with van der Waals surface area (Å²) in [6.07, 6.45) is 1.61. The molecular weight excluding hydrogens is 168 g/mol. The molecule has 0 amide bonds. The monoisotopic (exact) mass is 176 g/mol. The van der Waals surface area contributed by atoms with Crippen molar-refractivity contribution in [1.82, 2.24) is 20.2 Å². The van der Waals surface area contributed by atoms with E-state index in [0.29, 0.717) is 11.0 Å². The fraction of sp³-hybridized carbons (Fsp3) is 0.143. The Labute approximate surface area is 74.0 Å². The quantitative estimate of drug-likeness (QED) is 0.580. The summed E-state index contributed by atoms with van der Waals surface area (Å²) in [4.78, 5) is 8.24.